The van der Waals surface area contributed by atoms with E-state index in [0.29, 0.717) is 0 Å². The van der Waals surface area contributed by atoms with Crippen molar-refractivity contribution in [2.45, 2.75) is 27.8 Å². The predicted molar refractivity (Wildman–Crippen MR) is 97.4 cm³/mol. The zero-order chi connectivity index (χ0) is 15.4. The molecule has 2 heterocycles. The third kappa shape index (κ3) is 4.32. The van der Waals surface area contributed by atoms with Gasteiger partial charge in [0.25, 0.3) is 0 Å². The number of hydrogen-bond donors (Lipinski definition) is 0. The molecule has 0 atom stereocenters. The van der Waals surface area contributed by atoms with Gasteiger partial charge in [-0.25, -0.2) is 4.98 Å². The monoisotopic (exact) mass is 365 g/mol. The Morgan fingerprint density at radius 1 is 1.09 bits per heavy atom. The van der Waals surface area contributed by atoms with E-state index in [-0.39, 0.29) is 0 Å². The Hall–Kier alpha value is -0.890. The van der Waals surface area contributed by atoms with Gasteiger partial charge in [-0.3, -0.25) is 0 Å². The molecule has 1 aromatic carbocycles. The first-order valence-electron chi connectivity index (χ1n) is 6.72. The Balaban J connectivity index is 1.57. The molecule has 22 heavy (non-hydrogen) atoms. The topological polar surface area (TPSA) is 38.7 Å². The second kappa shape index (κ2) is 7.59. The number of rotatable bonds is 6. The highest BCUT2D eigenvalue weighted by atomic mass is 32.2. The summed E-state index contributed by atoms with van der Waals surface area (Å²) in [4.78, 5) is 4.72. The van der Waals surface area contributed by atoms with E-state index in [4.69, 9.17) is 4.98 Å². The number of hydrogen-bond acceptors (Lipinski definition) is 7. The minimum absolute atomic E-state index is 0.855. The lowest BCUT2D eigenvalue weighted by Gasteiger charge is -1.98. The van der Waals surface area contributed by atoms with Crippen molar-refractivity contribution in [2.75, 3.05) is 6.26 Å². The highest BCUT2D eigenvalue weighted by molar-refractivity contribution is 8.02. The van der Waals surface area contributed by atoms with Crippen molar-refractivity contribution >= 4 is 46.2 Å². The molecule has 0 aliphatic heterocycles. The normalized spacial score (nSPS) is 11.0. The van der Waals surface area contributed by atoms with Crippen LogP contribution in [0.1, 0.15) is 21.8 Å². The molecule has 0 unspecified atom stereocenters. The van der Waals surface area contributed by atoms with Gasteiger partial charge >= 0.3 is 0 Å². The first kappa shape index (κ1) is 16.0. The maximum Gasteiger partial charge on any atom is 0.175 e. The van der Waals surface area contributed by atoms with Crippen LogP contribution in [-0.4, -0.2) is 21.4 Å². The first-order chi connectivity index (χ1) is 10.7. The predicted octanol–water partition coefficient (Wildman–Crippen LogP) is 4.91. The molecule has 0 saturated heterocycles. The van der Waals surface area contributed by atoms with E-state index in [1.54, 1.807) is 46.2 Å². The Labute approximate surface area is 146 Å². The molecule has 0 aliphatic rings. The summed E-state index contributed by atoms with van der Waals surface area (Å²) in [6, 6.07) is 8.66. The Morgan fingerprint density at radius 2 is 1.86 bits per heavy atom. The quantitative estimate of drug-likeness (QED) is 0.580. The summed E-state index contributed by atoms with van der Waals surface area (Å²) in [6.07, 6.45) is 2.93. The minimum atomic E-state index is 0.855. The molecule has 7 heteroatoms. The van der Waals surface area contributed by atoms with Crippen molar-refractivity contribution in [3.8, 4) is 0 Å². The third-order valence-electron chi connectivity index (χ3n) is 2.98. The van der Waals surface area contributed by atoms with Crippen molar-refractivity contribution < 1.29 is 0 Å². The standard InChI is InChI=1S/C15H15N3S4/c1-10-3-5-11(6-4-10)7-13-16-12(8-20-13)9-21-15-18-17-14(19-2)22-15/h3-6,8H,7,9H2,1-2H3. The maximum atomic E-state index is 4.72. The van der Waals surface area contributed by atoms with Crippen LogP contribution in [0.3, 0.4) is 0 Å². The molecule has 0 N–H and O–H groups in total. The lowest BCUT2D eigenvalue weighted by molar-refractivity contribution is 0.955. The van der Waals surface area contributed by atoms with Crippen molar-refractivity contribution in [3.05, 3.63) is 51.5 Å². The summed E-state index contributed by atoms with van der Waals surface area (Å²) < 4.78 is 2.03. The first-order valence-corrected chi connectivity index (χ1v) is 10.6. The number of thioether (sulfide) groups is 2. The molecule has 0 bridgehead atoms. The number of benzene rings is 1. The van der Waals surface area contributed by atoms with Gasteiger partial charge in [0.15, 0.2) is 8.68 Å². The fourth-order valence-electron chi connectivity index (χ4n) is 1.85. The van der Waals surface area contributed by atoms with E-state index in [1.165, 1.54) is 16.1 Å². The van der Waals surface area contributed by atoms with Crippen LogP contribution < -0.4 is 0 Å². The summed E-state index contributed by atoms with van der Waals surface area (Å²) in [6.45, 7) is 2.11. The maximum absolute atomic E-state index is 4.72. The number of aryl methyl sites for hydroxylation is 1. The zero-order valence-electron chi connectivity index (χ0n) is 12.3. The van der Waals surface area contributed by atoms with Crippen molar-refractivity contribution in [2.24, 2.45) is 0 Å². The van der Waals surface area contributed by atoms with Crippen LogP contribution in [-0.2, 0) is 12.2 Å². The summed E-state index contributed by atoms with van der Waals surface area (Å²) >= 11 is 6.72. The molecule has 0 radical (unpaired) electrons. The summed E-state index contributed by atoms with van der Waals surface area (Å²) in [5.41, 5.74) is 3.73. The summed E-state index contributed by atoms with van der Waals surface area (Å²) in [7, 11) is 0. The molecule has 0 spiro atoms. The number of thiazole rings is 1. The van der Waals surface area contributed by atoms with E-state index in [1.807, 2.05) is 6.26 Å². The molecule has 114 valence electrons. The van der Waals surface area contributed by atoms with Crippen molar-refractivity contribution in [1.82, 2.24) is 15.2 Å². The largest absolute Gasteiger partial charge is 0.245 e. The van der Waals surface area contributed by atoms with Crippen molar-refractivity contribution in [3.63, 3.8) is 0 Å². The SMILES string of the molecule is CSc1nnc(SCc2csc(Cc3ccc(C)cc3)n2)s1. The molecular formula is C15H15N3S4. The third-order valence-corrected chi connectivity index (χ3v) is 6.94. The van der Waals surface area contributed by atoms with Crippen LogP contribution in [0, 0.1) is 6.92 Å². The fraction of sp³-hybridized carbons (Fsp3) is 0.267. The van der Waals surface area contributed by atoms with Gasteiger partial charge in [-0.2, -0.15) is 0 Å². The van der Waals surface area contributed by atoms with E-state index < -0.39 is 0 Å². The van der Waals surface area contributed by atoms with Crippen LogP contribution in [0.4, 0.5) is 0 Å². The van der Waals surface area contributed by atoms with Gasteiger partial charge < -0.3 is 0 Å². The van der Waals surface area contributed by atoms with E-state index in [9.17, 15) is 0 Å². The highest BCUT2D eigenvalue weighted by Crippen LogP contribution is 2.30. The molecular weight excluding hydrogens is 350 g/mol. The molecule has 3 aromatic rings. The number of nitrogens with zero attached hydrogens (tertiary/aromatic N) is 3. The molecule has 3 rings (SSSR count). The van der Waals surface area contributed by atoms with Gasteiger partial charge in [0.1, 0.15) is 0 Å². The zero-order valence-corrected chi connectivity index (χ0v) is 15.5. The molecule has 2 aromatic heterocycles. The average Bonchev–Trinajstić information content (AvgIpc) is 3.16. The smallest absolute Gasteiger partial charge is 0.175 e. The highest BCUT2D eigenvalue weighted by Gasteiger charge is 2.07. The van der Waals surface area contributed by atoms with Gasteiger partial charge in [-0.15, -0.1) is 21.5 Å². The number of aromatic nitrogens is 3. The Bertz CT molecular complexity index is 733. The van der Waals surface area contributed by atoms with E-state index >= 15 is 0 Å². The lowest BCUT2D eigenvalue weighted by atomic mass is 10.1. The van der Waals surface area contributed by atoms with Crippen LogP contribution >= 0.6 is 46.2 Å². The minimum Gasteiger partial charge on any atom is -0.245 e. The van der Waals surface area contributed by atoms with Gasteiger partial charge in [-0.1, -0.05) is 64.7 Å². The van der Waals surface area contributed by atoms with Gasteiger partial charge in [0, 0.05) is 17.6 Å². The molecule has 0 saturated carbocycles. The molecule has 0 amide bonds. The average molecular weight is 366 g/mol. The summed E-state index contributed by atoms with van der Waals surface area (Å²) in [5, 5.41) is 11.6. The van der Waals surface area contributed by atoms with E-state index in [2.05, 4.69) is 46.8 Å². The Kier molecular flexibility index (Phi) is 5.51. The van der Waals surface area contributed by atoms with Crippen LogP contribution in [0.15, 0.2) is 38.3 Å². The van der Waals surface area contributed by atoms with Gasteiger partial charge in [-0.05, 0) is 18.7 Å². The van der Waals surface area contributed by atoms with Crippen LogP contribution in [0.5, 0.6) is 0 Å². The molecule has 3 nitrogen and oxygen atoms in total. The van der Waals surface area contributed by atoms with Gasteiger partial charge in [0.05, 0.1) is 10.7 Å². The molecule has 0 aliphatic carbocycles. The van der Waals surface area contributed by atoms with Crippen LogP contribution in [0.2, 0.25) is 0 Å². The fourth-order valence-corrected chi connectivity index (χ4v) is 5.11. The second-order valence-electron chi connectivity index (χ2n) is 4.72. The van der Waals surface area contributed by atoms with E-state index in [0.717, 1.165) is 26.5 Å². The Morgan fingerprint density at radius 3 is 2.59 bits per heavy atom. The summed E-state index contributed by atoms with van der Waals surface area (Å²) in [5.74, 6) is 0.855. The van der Waals surface area contributed by atoms with Crippen molar-refractivity contribution in [1.29, 1.82) is 0 Å². The van der Waals surface area contributed by atoms with Gasteiger partial charge in [0.2, 0.25) is 0 Å². The second-order valence-corrected chi connectivity index (χ2v) is 8.92. The molecule has 0 fully saturated rings. The lowest BCUT2D eigenvalue weighted by Crippen LogP contribution is -1.88. The van der Waals surface area contributed by atoms with Crippen LogP contribution in [0.25, 0.3) is 0 Å².